The topological polar surface area (TPSA) is 42.2 Å². The second-order valence-corrected chi connectivity index (χ2v) is 9.15. The average Bonchev–Trinajstić information content (AvgIpc) is 3.10. The number of halogens is 3. The molecule has 0 spiro atoms. The lowest BCUT2D eigenvalue weighted by Gasteiger charge is -2.36. The van der Waals surface area contributed by atoms with Crippen molar-refractivity contribution in [2.45, 2.75) is 83.2 Å². The molecule has 4 rings (SSSR count). The third-order valence-corrected chi connectivity index (χ3v) is 7.06. The maximum atomic E-state index is 13.0. The molecule has 0 aromatic carbocycles. The van der Waals surface area contributed by atoms with Crippen LogP contribution in [0.2, 0.25) is 0 Å². The zero-order valence-electron chi connectivity index (χ0n) is 17.6. The van der Waals surface area contributed by atoms with Crippen LogP contribution < -0.4 is 5.32 Å². The molecule has 160 valence electrons. The van der Waals surface area contributed by atoms with Gasteiger partial charge in [-0.15, -0.1) is 0 Å². The molecular weight excluding hydrogens is 377 g/mol. The summed E-state index contributed by atoms with van der Waals surface area (Å²) in [4.78, 5) is 4.80. The lowest BCUT2D eigenvalue weighted by Crippen LogP contribution is -2.43. The number of rotatable bonds is 3. The summed E-state index contributed by atoms with van der Waals surface area (Å²) in [6, 6.07) is 2.01. The maximum Gasteiger partial charge on any atom is 0.391 e. The number of aryl methyl sites for hydroxylation is 1. The van der Waals surface area contributed by atoms with Crippen LogP contribution in [0.15, 0.2) is 6.07 Å². The van der Waals surface area contributed by atoms with Crippen LogP contribution in [0.3, 0.4) is 0 Å². The largest absolute Gasteiger partial charge is 0.391 e. The second-order valence-electron chi connectivity index (χ2n) is 9.15. The molecule has 1 atom stereocenters. The second kappa shape index (κ2) is 7.56. The van der Waals surface area contributed by atoms with Crippen molar-refractivity contribution in [1.29, 1.82) is 0 Å². The van der Waals surface area contributed by atoms with Crippen molar-refractivity contribution in [2.75, 3.05) is 13.1 Å². The number of piperidine rings is 1. The van der Waals surface area contributed by atoms with E-state index in [0.29, 0.717) is 12.8 Å². The molecule has 1 aliphatic carbocycles. The highest BCUT2D eigenvalue weighted by atomic mass is 19.4. The van der Waals surface area contributed by atoms with Crippen LogP contribution in [0.4, 0.5) is 13.2 Å². The van der Waals surface area contributed by atoms with Gasteiger partial charge in [0, 0.05) is 29.6 Å². The lowest BCUT2D eigenvalue weighted by atomic mass is 9.77. The maximum absolute atomic E-state index is 13.0. The number of aromatic nitrogens is 3. The summed E-state index contributed by atoms with van der Waals surface area (Å²) in [6.07, 6.45) is 0.519. The number of hydrogen-bond donors (Lipinski definition) is 1. The van der Waals surface area contributed by atoms with E-state index in [1.165, 1.54) is 11.3 Å². The van der Waals surface area contributed by atoms with Gasteiger partial charge in [0.1, 0.15) is 0 Å². The molecule has 0 amide bonds. The fourth-order valence-corrected chi connectivity index (χ4v) is 5.39. The highest BCUT2D eigenvalue weighted by Gasteiger charge is 2.42. The van der Waals surface area contributed by atoms with E-state index >= 15 is 0 Å². The van der Waals surface area contributed by atoms with Gasteiger partial charge in [-0.05, 0) is 64.0 Å². The molecule has 0 unspecified atom stereocenters. The molecule has 1 saturated heterocycles. The van der Waals surface area contributed by atoms with Crippen LogP contribution in [0.25, 0.3) is 5.65 Å². The first-order valence-electron chi connectivity index (χ1n) is 10.9. The van der Waals surface area contributed by atoms with Crippen LogP contribution in [-0.2, 0) is 11.8 Å². The Hall–Kier alpha value is -1.63. The molecule has 4 nitrogen and oxygen atoms in total. The third kappa shape index (κ3) is 3.78. The van der Waals surface area contributed by atoms with Gasteiger partial charge in [-0.3, -0.25) is 0 Å². The van der Waals surface area contributed by atoms with E-state index in [-0.39, 0.29) is 24.2 Å². The summed E-state index contributed by atoms with van der Waals surface area (Å²) in [6.45, 7) is 8.45. The van der Waals surface area contributed by atoms with Gasteiger partial charge in [-0.2, -0.15) is 18.3 Å². The van der Waals surface area contributed by atoms with Crippen LogP contribution in [0.5, 0.6) is 0 Å². The quantitative estimate of drug-likeness (QED) is 0.770. The molecule has 1 aliphatic heterocycles. The molecule has 1 N–H and O–H groups in total. The van der Waals surface area contributed by atoms with Crippen LogP contribution in [0.1, 0.15) is 80.9 Å². The van der Waals surface area contributed by atoms with Crippen molar-refractivity contribution >= 4 is 5.65 Å². The predicted octanol–water partition coefficient (Wildman–Crippen LogP) is 5.08. The lowest BCUT2D eigenvalue weighted by molar-refractivity contribution is -0.182. The number of hydrogen-bond acceptors (Lipinski definition) is 3. The van der Waals surface area contributed by atoms with E-state index in [1.807, 2.05) is 10.6 Å². The zero-order valence-corrected chi connectivity index (χ0v) is 17.6. The minimum Gasteiger partial charge on any atom is -0.316 e. The first-order valence-corrected chi connectivity index (χ1v) is 10.9. The first-order chi connectivity index (χ1) is 13.7. The molecule has 2 fully saturated rings. The molecule has 0 radical (unpaired) electrons. The van der Waals surface area contributed by atoms with Crippen LogP contribution in [-0.4, -0.2) is 33.9 Å². The van der Waals surface area contributed by atoms with Crippen molar-refractivity contribution in [1.82, 2.24) is 19.9 Å². The monoisotopic (exact) mass is 408 g/mol. The van der Waals surface area contributed by atoms with Crippen molar-refractivity contribution in [2.24, 2.45) is 5.92 Å². The zero-order chi connectivity index (χ0) is 20.8. The van der Waals surface area contributed by atoms with Gasteiger partial charge in [0.05, 0.1) is 17.3 Å². The Bertz CT molecular complexity index is 872. The summed E-state index contributed by atoms with van der Waals surface area (Å²) >= 11 is 0. The minimum atomic E-state index is -4.08. The summed E-state index contributed by atoms with van der Waals surface area (Å²) < 4.78 is 41.1. The Labute approximate surface area is 170 Å². The predicted molar refractivity (Wildman–Crippen MR) is 107 cm³/mol. The van der Waals surface area contributed by atoms with E-state index in [0.717, 1.165) is 49.4 Å². The van der Waals surface area contributed by atoms with Gasteiger partial charge in [0.2, 0.25) is 0 Å². The minimum absolute atomic E-state index is 0.0211. The molecule has 29 heavy (non-hydrogen) atoms. The molecule has 3 heterocycles. The van der Waals surface area contributed by atoms with Gasteiger partial charge in [0.15, 0.2) is 5.65 Å². The van der Waals surface area contributed by atoms with Gasteiger partial charge < -0.3 is 5.32 Å². The summed E-state index contributed by atoms with van der Waals surface area (Å²) in [5, 5.41) is 8.47. The summed E-state index contributed by atoms with van der Waals surface area (Å²) in [5.74, 6) is -1.07. The van der Waals surface area contributed by atoms with Gasteiger partial charge in [-0.25, -0.2) is 9.50 Å². The average molecular weight is 409 g/mol. The van der Waals surface area contributed by atoms with Gasteiger partial charge >= 0.3 is 6.18 Å². The summed E-state index contributed by atoms with van der Waals surface area (Å²) in [7, 11) is 0. The molecule has 2 aromatic rings. The molecule has 0 bridgehead atoms. The van der Waals surface area contributed by atoms with Crippen molar-refractivity contribution < 1.29 is 13.2 Å². The fourth-order valence-electron chi connectivity index (χ4n) is 5.39. The van der Waals surface area contributed by atoms with E-state index < -0.39 is 12.1 Å². The molecule has 2 aromatic heterocycles. The molecular formula is C22H31F3N4. The highest BCUT2D eigenvalue weighted by molar-refractivity contribution is 5.47. The van der Waals surface area contributed by atoms with Gasteiger partial charge in [0.25, 0.3) is 0 Å². The highest BCUT2D eigenvalue weighted by Crippen LogP contribution is 2.43. The Morgan fingerprint density at radius 1 is 1.24 bits per heavy atom. The number of alkyl halides is 3. The van der Waals surface area contributed by atoms with Crippen molar-refractivity contribution in [3.05, 3.63) is 28.7 Å². The standard InChI is InChI=1S/C22H31F3N4/c1-4-17-14(2)27-19-12-18(15-6-8-16(9-7-15)22(23,24)25)28-29(19)20(17)21(3)10-5-11-26-13-21/h12,15-16,26H,4-11,13H2,1-3H3/t15-,16-,21-/m0/s1. The van der Waals surface area contributed by atoms with E-state index in [9.17, 15) is 13.2 Å². The van der Waals surface area contributed by atoms with Crippen molar-refractivity contribution in [3.8, 4) is 0 Å². The smallest absolute Gasteiger partial charge is 0.316 e. The Morgan fingerprint density at radius 2 is 1.97 bits per heavy atom. The normalized spacial score (nSPS) is 28.8. The van der Waals surface area contributed by atoms with Crippen LogP contribution >= 0.6 is 0 Å². The summed E-state index contributed by atoms with van der Waals surface area (Å²) in [5.41, 5.74) is 5.22. The number of nitrogens with one attached hydrogen (secondary N) is 1. The number of fused-ring (bicyclic) bond motifs is 1. The fraction of sp³-hybridized carbons (Fsp3) is 0.727. The van der Waals surface area contributed by atoms with E-state index in [4.69, 9.17) is 10.1 Å². The number of nitrogens with zero attached hydrogens (tertiary/aromatic N) is 3. The van der Waals surface area contributed by atoms with Gasteiger partial charge in [-0.1, -0.05) is 13.8 Å². The van der Waals surface area contributed by atoms with E-state index in [2.05, 4.69) is 26.1 Å². The Balaban J connectivity index is 1.72. The third-order valence-electron chi connectivity index (χ3n) is 7.06. The van der Waals surface area contributed by atoms with E-state index in [1.54, 1.807) is 0 Å². The molecule has 2 aliphatic rings. The van der Waals surface area contributed by atoms with Crippen molar-refractivity contribution in [3.63, 3.8) is 0 Å². The Kier molecular flexibility index (Phi) is 5.38. The molecule has 1 saturated carbocycles. The SMILES string of the molecule is CCc1c(C)nc2cc([C@H]3CC[C@H](C(F)(F)F)CC3)nn2c1[C@@]1(C)CCCNC1. The first kappa shape index (κ1) is 20.6. The Morgan fingerprint density at radius 3 is 2.55 bits per heavy atom. The van der Waals surface area contributed by atoms with Crippen LogP contribution in [0, 0.1) is 12.8 Å². The molecule has 7 heteroatoms.